The first-order valence-corrected chi connectivity index (χ1v) is 8.91. The average Bonchev–Trinajstić information content (AvgIpc) is 2.68. The SMILES string of the molecule is COC1(C(=O)N2CCCC(C(=O)c3ccc(F)cc3)C2)CCNCC1.Cl. The van der Waals surface area contributed by atoms with Crippen molar-refractivity contribution in [1.82, 2.24) is 10.2 Å². The Hall–Kier alpha value is -1.50. The lowest BCUT2D eigenvalue weighted by Crippen LogP contribution is -2.57. The van der Waals surface area contributed by atoms with Gasteiger partial charge in [0.25, 0.3) is 5.91 Å². The Labute approximate surface area is 159 Å². The highest BCUT2D eigenvalue weighted by molar-refractivity contribution is 5.98. The Morgan fingerprint density at radius 3 is 2.50 bits per heavy atom. The van der Waals surface area contributed by atoms with Crippen molar-refractivity contribution in [2.75, 3.05) is 33.3 Å². The van der Waals surface area contributed by atoms with Gasteiger partial charge < -0.3 is 15.0 Å². The molecule has 0 aromatic heterocycles. The number of benzene rings is 1. The molecule has 1 aromatic carbocycles. The molecule has 2 fully saturated rings. The van der Waals surface area contributed by atoms with Gasteiger partial charge in [-0.15, -0.1) is 12.4 Å². The summed E-state index contributed by atoms with van der Waals surface area (Å²) in [7, 11) is 1.59. The molecule has 1 unspecified atom stereocenters. The summed E-state index contributed by atoms with van der Waals surface area (Å²) in [4.78, 5) is 27.6. The van der Waals surface area contributed by atoms with Crippen LogP contribution in [0.1, 0.15) is 36.0 Å². The highest BCUT2D eigenvalue weighted by Crippen LogP contribution is 2.29. The summed E-state index contributed by atoms with van der Waals surface area (Å²) in [5, 5.41) is 3.25. The van der Waals surface area contributed by atoms with E-state index in [1.807, 2.05) is 0 Å². The molecule has 3 rings (SSSR count). The summed E-state index contributed by atoms with van der Waals surface area (Å²) >= 11 is 0. The maximum absolute atomic E-state index is 13.1. The summed E-state index contributed by atoms with van der Waals surface area (Å²) < 4.78 is 18.7. The quantitative estimate of drug-likeness (QED) is 0.810. The van der Waals surface area contributed by atoms with Gasteiger partial charge >= 0.3 is 0 Å². The molecule has 7 heteroatoms. The number of ether oxygens (including phenoxy) is 1. The minimum Gasteiger partial charge on any atom is -0.368 e. The number of Topliss-reactive ketones (excluding diaryl/α,β-unsaturated/α-hetero) is 1. The molecule has 144 valence electrons. The monoisotopic (exact) mass is 384 g/mol. The number of rotatable bonds is 4. The number of piperidine rings is 2. The summed E-state index contributed by atoms with van der Waals surface area (Å²) in [6.45, 7) is 2.58. The van der Waals surface area contributed by atoms with Crippen LogP contribution in [0.15, 0.2) is 24.3 Å². The van der Waals surface area contributed by atoms with Crippen LogP contribution in [0.4, 0.5) is 4.39 Å². The molecule has 0 saturated carbocycles. The summed E-state index contributed by atoms with van der Waals surface area (Å²) in [6, 6.07) is 5.63. The van der Waals surface area contributed by atoms with Gasteiger partial charge in [0.05, 0.1) is 0 Å². The molecule has 2 aliphatic heterocycles. The predicted octanol–water partition coefficient (Wildman–Crippen LogP) is 2.44. The molecule has 26 heavy (non-hydrogen) atoms. The van der Waals surface area contributed by atoms with Crippen LogP contribution >= 0.6 is 12.4 Å². The zero-order valence-electron chi connectivity index (χ0n) is 15.0. The van der Waals surface area contributed by atoms with Gasteiger partial charge in [-0.2, -0.15) is 0 Å². The molecule has 0 radical (unpaired) electrons. The number of ketones is 1. The maximum Gasteiger partial charge on any atom is 0.254 e. The third-order valence-corrected chi connectivity index (χ3v) is 5.40. The van der Waals surface area contributed by atoms with Gasteiger partial charge in [-0.3, -0.25) is 9.59 Å². The van der Waals surface area contributed by atoms with Crippen LogP contribution in [0.5, 0.6) is 0 Å². The molecule has 5 nitrogen and oxygen atoms in total. The van der Waals surface area contributed by atoms with Crippen molar-refractivity contribution in [3.63, 3.8) is 0 Å². The van der Waals surface area contributed by atoms with E-state index >= 15 is 0 Å². The van der Waals surface area contributed by atoms with E-state index < -0.39 is 5.60 Å². The average molecular weight is 385 g/mol. The van der Waals surface area contributed by atoms with Crippen LogP contribution in [0.25, 0.3) is 0 Å². The Morgan fingerprint density at radius 2 is 1.88 bits per heavy atom. The highest BCUT2D eigenvalue weighted by Gasteiger charge is 2.43. The third kappa shape index (κ3) is 4.24. The van der Waals surface area contributed by atoms with E-state index in [0.29, 0.717) is 31.5 Å². The topological polar surface area (TPSA) is 58.6 Å². The minimum absolute atomic E-state index is 0. The predicted molar refractivity (Wildman–Crippen MR) is 99.1 cm³/mol. The molecule has 2 aliphatic rings. The first-order valence-electron chi connectivity index (χ1n) is 8.91. The van der Waals surface area contributed by atoms with E-state index in [2.05, 4.69) is 5.32 Å². The standard InChI is InChI=1S/C19H25FN2O3.ClH/c1-25-19(8-10-21-11-9-19)18(24)22-12-2-3-15(13-22)17(23)14-4-6-16(20)7-5-14;/h4-7,15,21H,2-3,8-13H2,1H3;1H. The van der Waals surface area contributed by atoms with Crippen LogP contribution in [0.2, 0.25) is 0 Å². The van der Waals surface area contributed by atoms with E-state index in [1.165, 1.54) is 24.3 Å². The fourth-order valence-electron chi connectivity index (χ4n) is 3.85. The van der Waals surface area contributed by atoms with Gasteiger partial charge in [0.2, 0.25) is 0 Å². The molecule has 2 heterocycles. The molecule has 1 N–H and O–H groups in total. The molecular formula is C19H26ClFN2O3. The van der Waals surface area contributed by atoms with Crippen LogP contribution < -0.4 is 5.32 Å². The van der Waals surface area contributed by atoms with Crippen LogP contribution in [-0.2, 0) is 9.53 Å². The number of likely N-dealkylation sites (tertiary alicyclic amines) is 1. The second-order valence-electron chi connectivity index (χ2n) is 6.91. The molecule has 0 spiro atoms. The fourth-order valence-corrected chi connectivity index (χ4v) is 3.85. The number of carbonyl (C=O) groups excluding carboxylic acids is 2. The third-order valence-electron chi connectivity index (χ3n) is 5.40. The highest BCUT2D eigenvalue weighted by atomic mass is 35.5. The first kappa shape index (κ1) is 20.8. The number of nitrogens with one attached hydrogen (secondary N) is 1. The molecule has 2 saturated heterocycles. The number of amides is 1. The van der Waals surface area contributed by atoms with Crippen molar-refractivity contribution >= 4 is 24.1 Å². The smallest absolute Gasteiger partial charge is 0.254 e. The van der Waals surface area contributed by atoms with Crippen LogP contribution in [-0.4, -0.2) is 55.5 Å². The second kappa shape index (κ2) is 8.93. The van der Waals surface area contributed by atoms with Gasteiger partial charge in [-0.1, -0.05) is 0 Å². The lowest BCUT2D eigenvalue weighted by Gasteiger charge is -2.41. The van der Waals surface area contributed by atoms with Crippen molar-refractivity contribution in [2.45, 2.75) is 31.3 Å². The summed E-state index contributed by atoms with van der Waals surface area (Å²) in [6.07, 6.45) is 2.84. The molecule has 1 atom stereocenters. The number of methoxy groups -OCH3 is 1. The molecule has 0 aliphatic carbocycles. The van der Waals surface area contributed by atoms with E-state index in [0.717, 1.165) is 25.9 Å². The maximum atomic E-state index is 13.1. The lowest BCUT2D eigenvalue weighted by molar-refractivity contribution is -0.159. The van der Waals surface area contributed by atoms with Gasteiger partial charge in [-0.25, -0.2) is 4.39 Å². The second-order valence-corrected chi connectivity index (χ2v) is 6.91. The Balaban J connectivity index is 0.00000243. The molecule has 1 aromatic rings. The Kier molecular flexibility index (Phi) is 7.15. The number of hydrogen-bond acceptors (Lipinski definition) is 4. The Bertz CT molecular complexity index is 632. The molecular weight excluding hydrogens is 359 g/mol. The van der Waals surface area contributed by atoms with E-state index in [-0.39, 0.29) is 35.8 Å². The zero-order valence-corrected chi connectivity index (χ0v) is 15.8. The van der Waals surface area contributed by atoms with Gasteiger partial charge in [0.1, 0.15) is 11.4 Å². The van der Waals surface area contributed by atoms with Crippen LogP contribution in [0, 0.1) is 11.7 Å². The number of hydrogen-bond donors (Lipinski definition) is 1. The number of nitrogens with zero attached hydrogens (tertiary/aromatic N) is 1. The summed E-state index contributed by atoms with van der Waals surface area (Å²) in [5.41, 5.74) is -0.268. The zero-order chi connectivity index (χ0) is 17.9. The van der Waals surface area contributed by atoms with Crippen molar-refractivity contribution in [3.05, 3.63) is 35.6 Å². The minimum atomic E-state index is -0.772. The number of carbonyl (C=O) groups is 2. The van der Waals surface area contributed by atoms with E-state index in [1.54, 1.807) is 12.0 Å². The van der Waals surface area contributed by atoms with Crippen molar-refractivity contribution in [2.24, 2.45) is 5.92 Å². The van der Waals surface area contributed by atoms with Crippen molar-refractivity contribution in [1.29, 1.82) is 0 Å². The normalized spacial score (nSPS) is 22.4. The van der Waals surface area contributed by atoms with Crippen LogP contribution in [0.3, 0.4) is 0 Å². The molecule has 0 bridgehead atoms. The van der Waals surface area contributed by atoms with E-state index in [9.17, 15) is 14.0 Å². The largest absolute Gasteiger partial charge is 0.368 e. The summed E-state index contributed by atoms with van der Waals surface area (Å²) in [5.74, 6) is -0.619. The number of halogens is 2. The first-order chi connectivity index (χ1) is 12.1. The van der Waals surface area contributed by atoms with Gasteiger partial charge in [-0.05, 0) is 63.0 Å². The van der Waals surface area contributed by atoms with Crippen molar-refractivity contribution in [3.8, 4) is 0 Å². The van der Waals surface area contributed by atoms with Gasteiger partial charge in [0, 0.05) is 31.7 Å². The van der Waals surface area contributed by atoms with E-state index in [4.69, 9.17) is 4.74 Å². The van der Waals surface area contributed by atoms with Gasteiger partial charge in [0.15, 0.2) is 5.78 Å². The fraction of sp³-hybridized carbons (Fsp3) is 0.579. The van der Waals surface area contributed by atoms with Crippen molar-refractivity contribution < 1.29 is 18.7 Å². The Morgan fingerprint density at radius 1 is 1.23 bits per heavy atom. The molecule has 1 amide bonds. The lowest BCUT2D eigenvalue weighted by atomic mass is 9.86.